The van der Waals surface area contributed by atoms with Crippen LogP contribution in [0.15, 0.2) is 24.5 Å². The first-order valence-electron chi connectivity index (χ1n) is 11.2. The fraction of sp³-hybridized carbons (Fsp3) is 0.500. The number of hydrogen-bond donors (Lipinski definition) is 2. The molecule has 35 heavy (non-hydrogen) atoms. The molecule has 2 amide bonds. The minimum atomic E-state index is -4.60. The zero-order valence-electron chi connectivity index (χ0n) is 19.6. The van der Waals surface area contributed by atoms with Crippen LogP contribution in [-0.2, 0) is 30.7 Å². The fourth-order valence-corrected chi connectivity index (χ4v) is 4.95. The van der Waals surface area contributed by atoms with E-state index in [1.54, 1.807) is 22.8 Å². The molecule has 10 nitrogen and oxygen atoms in total. The molecule has 0 aromatic carbocycles. The highest BCUT2D eigenvalue weighted by Gasteiger charge is 2.47. The van der Waals surface area contributed by atoms with E-state index in [1.807, 2.05) is 24.6 Å². The van der Waals surface area contributed by atoms with Crippen LogP contribution in [0.1, 0.15) is 43.6 Å². The van der Waals surface area contributed by atoms with E-state index in [0.29, 0.717) is 31.0 Å². The maximum absolute atomic E-state index is 13.3. The number of aromatic nitrogens is 6. The lowest BCUT2D eigenvalue weighted by Gasteiger charge is -2.28. The Labute approximate surface area is 199 Å². The van der Waals surface area contributed by atoms with Crippen molar-refractivity contribution in [3.8, 4) is 11.3 Å². The second kappa shape index (κ2) is 7.68. The van der Waals surface area contributed by atoms with Crippen LogP contribution in [0, 0.1) is 0 Å². The summed E-state index contributed by atoms with van der Waals surface area (Å²) in [6, 6.07) is 2.59. The van der Waals surface area contributed by atoms with Gasteiger partial charge in [-0.15, -0.1) is 5.10 Å². The lowest BCUT2D eigenvalue weighted by molar-refractivity contribution is -0.137. The Hall–Kier alpha value is -3.64. The first-order chi connectivity index (χ1) is 16.4. The number of amides is 2. The van der Waals surface area contributed by atoms with Gasteiger partial charge in [-0.3, -0.25) is 9.36 Å². The van der Waals surface area contributed by atoms with Gasteiger partial charge in [-0.1, -0.05) is 5.21 Å². The van der Waals surface area contributed by atoms with Crippen molar-refractivity contribution in [1.29, 1.82) is 0 Å². The van der Waals surface area contributed by atoms with E-state index >= 15 is 0 Å². The highest BCUT2D eigenvalue weighted by molar-refractivity contribution is 5.76. The number of nitrogens with zero attached hydrogens (tertiary/aromatic N) is 7. The number of rotatable bonds is 3. The van der Waals surface area contributed by atoms with Crippen LogP contribution in [-0.4, -0.2) is 53.8 Å². The molecule has 1 unspecified atom stereocenters. The Kier molecular flexibility index (Phi) is 5.08. The third-order valence-electron chi connectivity index (χ3n) is 6.95. The van der Waals surface area contributed by atoms with Gasteiger partial charge < -0.3 is 16.0 Å². The van der Waals surface area contributed by atoms with Gasteiger partial charge in [-0.2, -0.15) is 18.3 Å². The molecule has 2 aliphatic heterocycles. The molecule has 5 rings (SSSR count). The Morgan fingerprint density at radius 2 is 1.94 bits per heavy atom. The summed E-state index contributed by atoms with van der Waals surface area (Å²) in [7, 11) is 1.76. The zero-order valence-corrected chi connectivity index (χ0v) is 19.6. The van der Waals surface area contributed by atoms with Crippen LogP contribution in [0.5, 0.6) is 0 Å². The Bertz CT molecular complexity index is 1300. The topological polar surface area (TPSA) is 120 Å². The standard InChI is InChI=1S/C22H26F3N9O/c1-20(2,16-11-32(3)31-29-16)28-19(35)33-6-4-21(12-33)5-7-34-17(21)9-15(30-34)13-8-14(22(23,24)25)18(26)27-10-13/h8-11H,4-7,12H2,1-3H3,(H2,26,27)(H,28,35). The molecule has 5 heterocycles. The third kappa shape index (κ3) is 3.98. The largest absolute Gasteiger partial charge is 0.419 e. The van der Waals surface area contributed by atoms with Gasteiger partial charge in [0.1, 0.15) is 11.5 Å². The number of carbonyl (C=O) groups excluding carboxylic acids is 1. The predicted octanol–water partition coefficient (Wildman–Crippen LogP) is 2.67. The molecule has 3 aromatic heterocycles. The number of carbonyl (C=O) groups is 1. The van der Waals surface area contributed by atoms with Crippen molar-refractivity contribution in [2.75, 3.05) is 18.8 Å². The molecule has 0 bridgehead atoms. The first kappa shape index (κ1) is 23.1. The molecule has 2 aliphatic rings. The summed E-state index contributed by atoms with van der Waals surface area (Å²) >= 11 is 0. The molecule has 1 saturated heterocycles. The van der Waals surface area contributed by atoms with Gasteiger partial charge in [-0.05, 0) is 38.8 Å². The fourth-order valence-electron chi connectivity index (χ4n) is 4.95. The smallest absolute Gasteiger partial charge is 0.383 e. The molecular formula is C22H26F3N9O. The van der Waals surface area contributed by atoms with Gasteiger partial charge in [0.25, 0.3) is 0 Å². The van der Waals surface area contributed by atoms with Gasteiger partial charge in [-0.25, -0.2) is 9.78 Å². The monoisotopic (exact) mass is 489 g/mol. The summed E-state index contributed by atoms with van der Waals surface area (Å²) < 4.78 is 43.3. The molecule has 186 valence electrons. The van der Waals surface area contributed by atoms with Gasteiger partial charge in [0.2, 0.25) is 0 Å². The van der Waals surface area contributed by atoms with E-state index < -0.39 is 23.1 Å². The van der Waals surface area contributed by atoms with Gasteiger partial charge in [0, 0.05) is 49.6 Å². The number of aryl methyl sites for hydroxylation is 2. The van der Waals surface area contributed by atoms with Crippen LogP contribution < -0.4 is 11.1 Å². The third-order valence-corrected chi connectivity index (χ3v) is 6.95. The average molecular weight is 490 g/mol. The van der Waals surface area contributed by atoms with E-state index in [-0.39, 0.29) is 17.0 Å². The number of alkyl halides is 3. The average Bonchev–Trinajstić information content (AvgIpc) is 3.54. The van der Waals surface area contributed by atoms with Crippen molar-refractivity contribution >= 4 is 11.8 Å². The summed E-state index contributed by atoms with van der Waals surface area (Å²) in [5.41, 5.74) is 5.69. The lowest BCUT2D eigenvalue weighted by atomic mass is 9.82. The van der Waals surface area contributed by atoms with Gasteiger partial charge in [0.05, 0.1) is 23.0 Å². The summed E-state index contributed by atoms with van der Waals surface area (Å²) in [5.74, 6) is -0.564. The number of anilines is 1. The van der Waals surface area contributed by atoms with E-state index in [9.17, 15) is 18.0 Å². The molecule has 1 atom stereocenters. The van der Waals surface area contributed by atoms with E-state index in [2.05, 4.69) is 25.7 Å². The van der Waals surface area contributed by atoms with Crippen LogP contribution in [0.2, 0.25) is 0 Å². The number of hydrogen-bond acceptors (Lipinski definition) is 6. The number of halogens is 3. The second-order valence-corrected chi connectivity index (χ2v) is 9.83. The van der Waals surface area contributed by atoms with Gasteiger partial charge in [0.15, 0.2) is 0 Å². The maximum Gasteiger partial charge on any atom is 0.419 e. The van der Waals surface area contributed by atoms with E-state index in [0.717, 1.165) is 24.6 Å². The predicted molar refractivity (Wildman–Crippen MR) is 120 cm³/mol. The maximum atomic E-state index is 13.3. The molecular weight excluding hydrogens is 463 g/mol. The Morgan fingerprint density at radius 1 is 1.20 bits per heavy atom. The number of nitrogens with two attached hydrogens (primary N) is 1. The van der Waals surface area contributed by atoms with Gasteiger partial charge >= 0.3 is 12.2 Å². The van der Waals surface area contributed by atoms with Crippen LogP contribution in [0.4, 0.5) is 23.8 Å². The molecule has 1 fully saturated rings. The number of pyridine rings is 1. The number of nitrogens with one attached hydrogen (secondary N) is 1. The molecule has 0 aliphatic carbocycles. The number of likely N-dealkylation sites (tertiary alicyclic amines) is 1. The molecule has 3 N–H and O–H groups in total. The van der Waals surface area contributed by atoms with Crippen molar-refractivity contribution in [3.63, 3.8) is 0 Å². The normalized spacial score (nSPS) is 20.0. The zero-order chi connectivity index (χ0) is 25.2. The SMILES string of the molecule is Cn1cc(C(C)(C)NC(=O)N2CCC3(CCn4nc(-c5cnc(N)c(C(F)(F)F)c5)cc43)C2)nn1. The number of nitrogen functional groups attached to an aromatic ring is 1. The molecule has 0 saturated carbocycles. The summed E-state index contributed by atoms with van der Waals surface area (Å²) in [4.78, 5) is 18.6. The molecule has 13 heteroatoms. The van der Waals surface area contributed by atoms with E-state index in [1.165, 1.54) is 6.20 Å². The lowest BCUT2D eigenvalue weighted by Crippen LogP contribution is -2.48. The Morgan fingerprint density at radius 3 is 2.63 bits per heavy atom. The number of urea groups is 1. The van der Waals surface area contributed by atoms with Crippen LogP contribution in [0.25, 0.3) is 11.3 Å². The van der Waals surface area contributed by atoms with Crippen molar-refractivity contribution < 1.29 is 18.0 Å². The van der Waals surface area contributed by atoms with Crippen LogP contribution >= 0.6 is 0 Å². The minimum Gasteiger partial charge on any atom is -0.383 e. The molecule has 1 spiro atoms. The van der Waals surface area contributed by atoms with Crippen molar-refractivity contribution in [3.05, 3.63) is 41.5 Å². The number of fused-ring (bicyclic) bond motifs is 2. The van der Waals surface area contributed by atoms with Crippen LogP contribution in [0.3, 0.4) is 0 Å². The van der Waals surface area contributed by atoms with E-state index in [4.69, 9.17) is 5.73 Å². The Balaban J connectivity index is 1.35. The highest BCUT2D eigenvalue weighted by atomic mass is 19.4. The van der Waals surface area contributed by atoms with Crippen molar-refractivity contribution in [2.45, 2.75) is 50.4 Å². The summed E-state index contributed by atoms with van der Waals surface area (Å²) in [5, 5.41) is 15.6. The molecule has 0 radical (unpaired) electrons. The summed E-state index contributed by atoms with van der Waals surface area (Å²) in [6.07, 6.45) is 0.0121. The summed E-state index contributed by atoms with van der Waals surface area (Å²) in [6.45, 7) is 5.42. The minimum absolute atomic E-state index is 0.201. The quantitative estimate of drug-likeness (QED) is 0.584. The highest BCUT2D eigenvalue weighted by Crippen LogP contribution is 2.44. The molecule has 3 aromatic rings. The first-order valence-corrected chi connectivity index (χ1v) is 11.2. The van der Waals surface area contributed by atoms with Crippen molar-refractivity contribution in [2.24, 2.45) is 7.05 Å². The van der Waals surface area contributed by atoms with Crippen molar-refractivity contribution in [1.82, 2.24) is 40.0 Å². The second-order valence-electron chi connectivity index (χ2n) is 9.83.